The number of aromatic nitrogens is 1. The van der Waals surface area contributed by atoms with Crippen molar-refractivity contribution >= 4 is 17.7 Å². The fraction of sp³-hybridized carbons (Fsp3) is 0.400. The number of nitrogens with zero attached hydrogens (tertiary/aromatic N) is 3. The Hall–Kier alpha value is -1.98. The highest BCUT2D eigenvalue weighted by molar-refractivity contribution is 6.06. The van der Waals surface area contributed by atoms with Gasteiger partial charge in [-0.2, -0.15) is 0 Å². The van der Waals surface area contributed by atoms with E-state index in [9.17, 15) is 0 Å². The molecule has 2 heterocycles. The molecule has 0 radical (unpaired) electrons. The predicted octanol–water partition coefficient (Wildman–Crippen LogP) is 0.379. The SMILES string of the molecule is Cc1ccc(N(C)C2=NC(C)N=C(N)N2)[nH]1. The summed E-state index contributed by atoms with van der Waals surface area (Å²) in [4.78, 5) is 13.6. The number of aryl methyl sites for hydroxylation is 1. The Bertz CT molecular complexity index is 444. The zero-order valence-electron chi connectivity index (χ0n) is 9.65. The Balaban J connectivity index is 2.20. The maximum atomic E-state index is 5.66. The van der Waals surface area contributed by atoms with E-state index < -0.39 is 0 Å². The fourth-order valence-corrected chi connectivity index (χ4v) is 1.56. The lowest BCUT2D eigenvalue weighted by Crippen LogP contribution is -2.48. The summed E-state index contributed by atoms with van der Waals surface area (Å²) in [5, 5.41) is 2.94. The summed E-state index contributed by atoms with van der Waals surface area (Å²) >= 11 is 0. The quantitative estimate of drug-likeness (QED) is 0.640. The zero-order valence-corrected chi connectivity index (χ0v) is 9.65. The van der Waals surface area contributed by atoms with Gasteiger partial charge in [0.25, 0.3) is 0 Å². The van der Waals surface area contributed by atoms with Crippen molar-refractivity contribution in [2.24, 2.45) is 15.7 Å². The van der Waals surface area contributed by atoms with E-state index in [1.165, 1.54) is 0 Å². The molecule has 0 fully saturated rings. The number of hydrogen-bond acceptors (Lipinski definition) is 5. The molecule has 4 N–H and O–H groups in total. The molecule has 86 valence electrons. The summed E-state index contributed by atoms with van der Waals surface area (Å²) in [6, 6.07) is 4.00. The number of H-pyrrole nitrogens is 1. The fourth-order valence-electron chi connectivity index (χ4n) is 1.56. The summed E-state index contributed by atoms with van der Waals surface area (Å²) < 4.78 is 0. The molecular weight excluding hydrogens is 204 g/mol. The zero-order chi connectivity index (χ0) is 11.7. The van der Waals surface area contributed by atoms with Crippen molar-refractivity contribution in [2.75, 3.05) is 11.9 Å². The molecule has 6 heteroatoms. The van der Waals surface area contributed by atoms with Crippen LogP contribution in [0.3, 0.4) is 0 Å². The molecule has 1 aliphatic heterocycles. The van der Waals surface area contributed by atoms with Crippen LogP contribution >= 0.6 is 0 Å². The van der Waals surface area contributed by atoms with Crippen LogP contribution in [0.15, 0.2) is 22.1 Å². The van der Waals surface area contributed by atoms with Gasteiger partial charge in [-0.1, -0.05) is 0 Å². The molecule has 16 heavy (non-hydrogen) atoms. The number of hydrogen-bond donors (Lipinski definition) is 3. The first-order valence-electron chi connectivity index (χ1n) is 5.13. The second-order valence-corrected chi connectivity index (χ2v) is 3.81. The third kappa shape index (κ3) is 2.00. The number of anilines is 1. The van der Waals surface area contributed by atoms with Crippen LogP contribution in [0.5, 0.6) is 0 Å². The first-order valence-corrected chi connectivity index (χ1v) is 5.13. The minimum Gasteiger partial charge on any atom is -0.370 e. The van der Waals surface area contributed by atoms with Crippen LogP contribution in [0.25, 0.3) is 0 Å². The third-order valence-electron chi connectivity index (χ3n) is 2.37. The Morgan fingerprint density at radius 3 is 2.69 bits per heavy atom. The number of nitrogens with two attached hydrogens (primary N) is 1. The number of aromatic amines is 1. The van der Waals surface area contributed by atoms with E-state index in [-0.39, 0.29) is 6.17 Å². The largest absolute Gasteiger partial charge is 0.370 e. The molecule has 6 nitrogen and oxygen atoms in total. The van der Waals surface area contributed by atoms with Crippen LogP contribution in [-0.4, -0.2) is 30.1 Å². The van der Waals surface area contributed by atoms with Gasteiger partial charge in [0.15, 0.2) is 5.96 Å². The highest BCUT2D eigenvalue weighted by atomic mass is 15.4. The van der Waals surface area contributed by atoms with E-state index >= 15 is 0 Å². The maximum absolute atomic E-state index is 5.66. The van der Waals surface area contributed by atoms with Crippen molar-refractivity contribution in [3.05, 3.63) is 17.8 Å². The van der Waals surface area contributed by atoms with Crippen LogP contribution in [0.2, 0.25) is 0 Å². The summed E-state index contributed by atoms with van der Waals surface area (Å²) in [7, 11) is 1.92. The molecule has 0 bridgehead atoms. The first-order chi connectivity index (χ1) is 7.56. The van der Waals surface area contributed by atoms with Crippen molar-refractivity contribution in [3.63, 3.8) is 0 Å². The van der Waals surface area contributed by atoms with Gasteiger partial charge in [0.1, 0.15) is 12.0 Å². The van der Waals surface area contributed by atoms with Crippen LogP contribution in [0.4, 0.5) is 5.82 Å². The van der Waals surface area contributed by atoms with Crippen LogP contribution in [-0.2, 0) is 0 Å². The van der Waals surface area contributed by atoms with Gasteiger partial charge in [0, 0.05) is 12.7 Å². The van der Waals surface area contributed by atoms with Gasteiger partial charge in [-0.15, -0.1) is 0 Å². The van der Waals surface area contributed by atoms with Crippen LogP contribution in [0.1, 0.15) is 12.6 Å². The normalized spacial score (nSPS) is 19.8. The lowest BCUT2D eigenvalue weighted by atomic mass is 10.5. The highest BCUT2D eigenvalue weighted by Gasteiger charge is 2.16. The summed E-state index contributed by atoms with van der Waals surface area (Å²) in [5.41, 5.74) is 6.76. The van der Waals surface area contributed by atoms with Gasteiger partial charge < -0.3 is 15.6 Å². The van der Waals surface area contributed by atoms with Gasteiger partial charge in [-0.05, 0) is 26.0 Å². The smallest absolute Gasteiger partial charge is 0.208 e. The highest BCUT2D eigenvalue weighted by Crippen LogP contribution is 2.12. The van der Waals surface area contributed by atoms with Gasteiger partial charge in [-0.3, -0.25) is 5.32 Å². The van der Waals surface area contributed by atoms with E-state index in [2.05, 4.69) is 20.3 Å². The van der Waals surface area contributed by atoms with E-state index in [0.29, 0.717) is 11.9 Å². The van der Waals surface area contributed by atoms with Crippen LogP contribution in [0, 0.1) is 6.92 Å². The molecule has 0 saturated heterocycles. The van der Waals surface area contributed by atoms with E-state index in [0.717, 1.165) is 11.5 Å². The third-order valence-corrected chi connectivity index (χ3v) is 2.37. The topological polar surface area (TPSA) is 81.8 Å². The molecular formula is C10H16N6. The molecule has 0 saturated carbocycles. The molecule has 2 rings (SSSR count). The molecule has 1 unspecified atom stereocenters. The molecule has 0 spiro atoms. The van der Waals surface area contributed by atoms with Crippen molar-refractivity contribution in [3.8, 4) is 0 Å². The number of nitrogens with one attached hydrogen (secondary N) is 2. The van der Waals surface area contributed by atoms with Crippen molar-refractivity contribution in [1.82, 2.24) is 10.3 Å². The molecule has 1 aromatic rings. The monoisotopic (exact) mass is 220 g/mol. The molecule has 0 aromatic carbocycles. The Kier molecular flexibility index (Phi) is 2.55. The Labute approximate surface area is 94.3 Å². The number of rotatable bonds is 1. The van der Waals surface area contributed by atoms with Crippen molar-refractivity contribution in [1.29, 1.82) is 0 Å². The standard InChI is InChI=1S/C10H16N6/c1-6-4-5-8(12-6)16(3)10-14-7(2)13-9(11)15-10/h4-5,7,12H,1-3H3,(H3,11,13,14,15). The predicted molar refractivity (Wildman–Crippen MR) is 65.6 cm³/mol. The van der Waals surface area contributed by atoms with Crippen molar-refractivity contribution in [2.45, 2.75) is 20.0 Å². The molecule has 1 aliphatic rings. The molecule has 1 atom stereocenters. The van der Waals surface area contributed by atoms with Gasteiger partial charge in [-0.25, -0.2) is 9.98 Å². The molecule has 0 aliphatic carbocycles. The van der Waals surface area contributed by atoms with Crippen LogP contribution < -0.4 is 16.0 Å². The minimum atomic E-state index is -0.144. The number of aliphatic imine (C=N–C) groups is 2. The van der Waals surface area contributed by atoms with Gasteiger partial charge in [0.2, 0.25) is 5.96 Å². The summed E-state index contributed by atoms with van der Waals surface area (Å²) in [5.74, 6) is 2.06. The summed E-state index contributed by atoms with van der Waals surface area (Å²) in [6.07, 6.45) is -0.144. The van der Waals surface area contributed by atoms with E-state index in [1.54, 1.807) is 0 Å². The Morgan fingerprint density at radius 1 is 1.38 bits per heavy atom. The average molecular weight is 220 g/mol. The lowest BCUT2D eigenvalue weighted by molar-refractivity contribution is 0.759. The second-order valence-electron chi connectivity index (χ2n) is 3.81. The van der Waals surface area contributed by atoms with E-state index in [4.69, 9.17) is 5.73 Å². The minimum absolute atomic E-state index is 0.144. The van der Waals surface area contributed by atoms with Crippen molar-refractivity contribution < 1.29 is 0 Å². The van der Waals surface area contributed by atoms with E-state index in [1.807, 2.05) is 37.9 Å². The molecule has 0 amide bonds. The average Bonchev–Trinajstić information content (AvgIpc) is 2.62. The first kappa shape index (κ1) is 10.5. The lowest BCUT2D eigenvalue weighted by Gasteiger charge is -2.24. The molecule has 1 aromatic heterocycles. The Morgan fingerprint density at radius 2 is 2.12 bits per heavy atom. The van der Waals surface area contributed by atoms with Gasteiger partial charge in [0.05, 0.1) is 0 Å². The second kappa shape index (κ2) is 3.88. The maximum Gasteiger partial charge on any atom is 0.208 e. The van der Waals surface area contributed by atoms with Gasteiger partial charge >= 0.3 is 0 Å². The number of guanidine groups is 2. The summed E-state index contributed by atoms with van der Waals surface area (Å²) in [6.45, 7) is 3.90.